The first-order valence-electron chi connectivity index (χ1n) is 6.94. The first kappa shape index (κ1) is 12.6. The smallest absolute Gasteiger partial charge is 0.233 e. The Hall–Kier alpha value is -1.42. The summed E-state index contributed by atoms with van der Waals surface area (Å²) in [6.07, 6.45) is 4.57. The number of anilines is 1. The zero-order valence-corrected chi connectivity index (χ0v) is 10.9. The van der Waals surface area contributed by atoms with E-state index < -0.39 is 0 Å². The first-order valence-corrected chi connectivity index (χ1v) is 6.94. The van der Waals surface area contributed by atoms with Gasteiger partial charge in [-0.25, -0.2) is 4.39 Å². The van der Waals surface area contributed by atoms with E-state index in [0.717, 1.165) is 32.1 Å². The SMILES string of the molecule is N[C@@H]1CCC[C@@]2(CCN(c3cccc(F)c3)C2=O)C1. The maximum absolute atomic E-state index is 13.3. The average molecular weight is 262 g/mol. The predicted octanol–water partition coefficient (Wildman–Crippen LogP) is 2.45. The monoisotopic (exact) mass is 262 g/mol. The number of amides is 1. The number of halogens is 1. The highest BCUT2D eigenvalue weighted by molar-refractivity contribution is 6.00. The normalized spacial score (nSPS) is 31.2. The van der Waals surface area contributed by atoms with Crippen LogP contribution in [0.5, 0.6) is 0 Å². The molecule has 19 heavy (non-hydrogen) atoms. The van der Waals surface area contributed by atoms with Crippen LogP contribution in [-0.4, -0.2) is 18.5 Å². The molecular weight excluding hydrogens is 243 g/mol. The molecule has 1 amide bonds. The largest absolute Gasteiger partial charge is 0.328 e. The summed E-state index contributed by atoms with van der Waals surface area (Å²) in [5.41, 5.74) is 6.41. The van der Waals surface area contributed by atoms with Gasteiger partial charge in [-0.2, -0.15) is 0 Å². The van der Waals surface area contributed by atoms with Crippen molar-refractivity contribution < 1.29 is 9.18 Å². The van der Waals surface area contributed by atoms with Crippen LogP contribution < -0.4 is 10.6 Å². The number of rotatable bonds is 1. The molecule has 0 radical (unpaired) electrons. The number of benzene rings is 1. The molecule has 2 N–H and O–H groups in total. The van der Waals surface area contributed by atoms with Gasteiger partial charge in [0, 0.05) is 18.3 Å². The van der Waals surface area contributed by atoms with Gasteiger partial charge in [0.25, 0.3) is 0 Å². The molecule has 1 saturated heterocycles. The van der Waals surface area contributed by atoms with E-state index in [2.05, 4.69) is 0 Å². The molecule has 1 aliphatic heterocycles. The van der Waals surface area contributed by atoms with E-state index in [0.29, 0.717) is 12.2 Å². The lowest BCUT2D eigenvalue weighted by molar-refractivity contribution is -0.127. The fourth-order valence-corrected chi connectivity index (χ4v) is 3.54. The molecule has 1 aromatic carbocycles. The van der Waals surface area contributed by atoms with Gasteiger partial charge in [0.15, 0.2) is 0 Å². The van der Waals surface area contributed by atoms with Gasteiger partial charge in [-0.05, 0) is 43.9 Å². The van der Waals surface area contributed by atoms with E-state index in [4.69, 9.17) is 5.73 Å². The summed E-state index contributed by atoms with van der Waals surface area (Å²) in [6.45, 7) is 0.676. The fraction of sp³-hybridized carbons (Fsp3) is 0.533. The number of nitrogens with two attached hydrogens (primary N) is 1. The zero-order chi connectivity index (χ0) is 13.5. The Kier molecular flexibility index (Phi) is 3.05. The Morgan fingerprint density at radius 3 is 2.95 bits per heavy atom. The third-order valence-corrected chi connectivity index (χ3v) is 4.52. The zero-order valence-electron chi connectivity index (χ0n) is 10.9. The van der Waals surface area contributed by atoms with Crippen molar-refractivity contribution >= 4 is 11.6 Å². The molecular formula is C15H19FN2O. The standard InChI is InChI=1S/C15H19FN2O/c16-11-3-1-5-13(9-11)18-8-7-15(14(18)19)6-2-4-12(17)10-15/h1,3,5,9,12H,2,4,6-8,10,17H2/t12-,15-/m1/s1. The van der Waals surface area contributed by atoms with Gasteiger partial charge in [-0.3, -0.25) is 4.79 Å². The summed E-state index contributed by atoms with van der Waals surface area (Å²) in [7, 11) is 0. The minimum atomic E-state index is -0.299. The molecule has 4 heteroatoms. The summed E-state index contributed by atoms with van der Waals surface area (Å²) >= 11 is 0. The number of carbonyl (C=O) groups is 1. The summed E-state index contributed by atoms with van der Waals surface area (Å²) in [5, 5.41) is 0. The fourth-order valence-electron chi connectivity index (χ4n) is 3.54. The van der Waals surface area contributed by atoms with Gasteiger partial charge >= 0.3 is 0 Å². The van der Waals surface area contributed by atoms with Crippen molar-refractivity contribution in [3.63, 3.8) is 0 Å². The summed E-state index contributed by atoms with van der Waals surface area (Å²) in [5.74, 6) is -0.167. The van der Waals surface area contributed by atoms with Crippen LogP contribution in [-0.2, 0) is 4.79 Å². The minimum absolute atomic E-state index is 0.130. The van der Waals surface area contributed by atoms with E-state index in [9.17, 15) is 9.18 Å². The van der Waals surface area contributed by atoms with Crippen molar-refractivity contribution in [1.82, 2.24) is 0 Å². The summed E-state index contributed by atoms with van der Waals surface area (Å²) < 4.78 is 13.3. The number of hydrogen-bond donors (Lipinski definition) is 1. The van der Waals surface area contributed by atoms with Crippen LogP contribution in [0.25, 0.3) is 0 Å². The molecule has 2 aliphatic rings. The Balaban J connectivity index is 1.86. The van der Waals surface area contributed by atoms with E-state index >= 15 is 0 Å². The summed E-state index contributed by atoms with van der Waals surface area (Å²) in [6, 6.07) is 6.40. The van der Waals surface area contributed by atoms with Gasteiger partial charge in [0.1, 0.15) is 5.82 Å². The van der Waals surface area contributed by atoms with Crippen LogP contribution in [0.15, 0.2) is 24.3 Å². The van der Waals surface area contributed by atoms with E-state index in [-0.39, 0.29) is 23.2 Å². The van der Waals surface area contributed by atoms with Gasteiger partial charge in [0.05, 0.1) is 5.41 Å². The molecule has 0 bridgehead atoms. The van der Waals surface area contributed by atoms with Crippen molar-refractivity contribution in [2.24, 2.45) is 11.1 Å². The van der Waals surface area contributed by atoms with Crippen LogP contribution in [0.2, 0.25) is 0 Å². The Morgan fingerprint density at radius 1 is 1.37 bits per heavy atom. The van der Waals surface area contributed by atoms with Gasteiger partial charge in [-0.15, -0.1) is 0 Å². The molecule has 1 spiro atoms. The van der Waals surface area contributed by atoms with Crippen molar-refractivity contribution in [3.05, 3.63) is 30.1 Å². The number of hydrogen-bond acceptors (Lipinski definition) is 2. The molecule has 3 nitrogen and oxygen atoms in total. The van der Waals surface area contributed by atoms with Crippen molar-refractivity contribution in [2.75, 3.05) is 11.4 Å². The first-order chi connectivity index (χ1) is 9.11. The van der Waals surface area contributed by atoms with Crippen LogP contribution in [0, 0.1) is 11.2 Å². The highest BCUT2D eigenvalue weighted by Gasteiger charge is 2.48. The van der Waals surface area contributed by atoms with Crippen LogP contribution in [0.4, 0.5) is 10.1 Å². The summed E-state index contributed by atoms with van der Waals surface area (Å²) in [4.78, 5) is 14.4. The second-order valence-corrected chi connectivity index (χ2v) is 5.82. The van der Waals surface area contributed by atoms with E-state index in [1.165, 1.54) is 12.1 Å². The Morgan fingerprint density at radius 2 is 2.21 bits per heavy atom. The van der Waals surface area contributed by atoms with Crippen molar-refractivity contribution in [1.29, 1.82) is 0 Å². The molecule has 0 unspecified atom stereocenters. The molecule has 102 valence electrons. The topological polar surface area (TPSA) is 46.3 Å². The lowest BCUT2D eigenvalue weighted by Gasteiger charge is -2.35. The molecule has 1 saturated carbocycles. The second kappa shape index (κ2) is 4.60. The second-order valence-electron chi connectivity index (χ2n) is 5.82. The Labute approximate surface area is 112 Å². The van der Waals surface area contributed by atoms with E-state index in [1.807, 2.05) is 0 Å². The predicted molar refractivity (Wildman–Crippen MR) is 72.2 cm³/mol. The Bertz CT molecular complexity index is 505. The van der Waals surface area contributed by atoms with Gasteiger partial charge < -0.3 is 10.6 Å². The van der Waals surface area contributed by atoms with Crippen molar-refractivity contribution in [3.8, 4) is 0 Å². The van der Waals surface area contributed by atoms with Crippen molar-refractivity contribution in [2.45, 2.75) is 38.1 Å². The number of nitrogens with zero attached hydrogens (tertiary/aromatic N) is 1. The molecule has 1 aromatic rings. The third kappa shape index (κ3) is 2.14. The van der Waals surface area contributed by atoms with Crippen LogP contribution in [0.3, 0.4) is 0 Å². The van der Waals surface area contributed by atoms with E-state index in [1.54, 1.807) is 17.0 Å². The molecule has 0 aromatic heterocycles. The minimum Gasteiger partial charge on any atom is -0.328 e. The maximum Gasteiger partial charge on any atom is 0.233 e. The molecule has 2 atom stereocenters. The lowest BCUT2D eigenvalue weighted by Crippen LogP contribution is -2.42. The lowest BCUT2D eigenvalue weighted by atomic mass is 9.71. The number of carbonyl (C=O) groups excluding carboxylic acids is 1. The van der Waals surface area contributed by atoms with Crippen LogP contribution in [0.1, 0.15) is 32.1 Å². The quantitative estimate of drug-likeness (QED) is 0.845. The molecule has 2 fully saturated rings. The maximum atomic E-state index is 13.3. The van der Waals surface area contributed by atoms with Crippen LogP contribution >= 0.6 is 0 Å². The third-order valence-electron chi connectivity index (χ3n) is 4.52. The molecule has 1 heterocycles. The van der Waals surface area contributed by atoms with Gasteiger partial charge in [0.2, 0.25) is 5.91 Å². The highest BCUT2D eigenvalue weighted by atomic mass is 19.1. The highest BCUT2D eigenvalue weighted by Crippen LogP contribution is 2.45. The molecule has 3 rings (SSSR count). The van der Waals surface area contributed by atoms with Gasteiger partial charge in [-0.1, -0.05) is 12.5 Å². The average Bonchev–Trinajstić information content (AvgIpc) is 2.67. The molecule has 1 aliphatic carbocycles.